The molecule has 3 aromatic rings. The highest BCUT2D eigenvalue weighted by molar-refractivity contribution is 9.10. The number of nitrogens with two attached hydrogens (primary N) is 1. The number of fused-ring (bicyclic) bond motifs is 3. The molecule has 0 aliphatic heterocycles. The van der Waals surface area contributed by atoms with Crippen LogP contribution in [0.25, 0.3) is 11.1 Å². The summed E-state index contributed by atoms with van der Waals surface area (Å²) in [5, 5.41) is 17.1. The standard InChI is InChI=1S/C23H19BrN2O6S/c24-19-11-13(9-10-20(19)33(25,30)31)21(22(27)28)26-23(29)32-12-18-16-7-3-1-5-14(16)15-6-2-4-8-17(15)18/h1-11,18,21H,12H2,(H,26,29)(H,27,28)(H2,25,30,31). The quantitative estimate of drug-likeness (QED) is 0.443. The second kappa shape index (κ2) is 8.97. The molecule has 33 heavy (non-hydrogen) atoms. The van der Waals surface area contributed by atoms with Crippen LogP contribution in [0, 0.1) is 0 Å². The Morgan fingerprint density at radius 1 is 1.03 bits per heavy atom. The molecule has 0 radical (unpaired) electrons. The van der Waals surface area contributed by atoms with Crippen molar-refractivity contribution < 1.29 is 27.9 Å². The fourth-order valence-corrected chi connectivity index (χ4v) is 5.63. The Hall–Kier alpha value is -3.21. The number of rotatable bonds is 6. The van der Waals surface area contributed by atoms with Crippen molar-refractivity contribution in [1.29, 1.82) is 0 Å². The van der Waals surface area contributed by atoms with Crippen LogP contribution in [0.15, 0.2) is 76.1 Å². The number of alkyl carbamates (subject to hydrolysis) is 1. The minimum absolute atomic E-state index is 0.0280. The van der Waals surface area contributed by atoms with Gasteiger partial charge in [0, 0.05) is 10.4 Å². The molecule has 4 N–H and O–H groups in total. The molecule has 0 aromatic heterocycles. The molecule has 170 valence electrons. The average molecular weight is 531 g/mol. The topological polar surface area (TPSA) is 136 Å². The van der Waals surface area contributed by atoms with Gasteiger partial charge in [-0.3, -0.25) is 0 Å². The Morgan fingerprint density at radius 2 is 1.61 bits per heavy atom. The SMILES string of the molecule is NS(=O)(=O)c1ccc(C(NC(=O)OCC2c3ccccc3-c3ccccc32)C(=O)O)cc1Br. The van der Waals surface area contributed by atoms with Gasteiger partial charge in [0.1, 0.15) is 6.61 Å². The number of carboxylic acid groups (broad SMARTS) is 1. The Labute approximate surface area is 198 Å². The molecule has 1 unspecified atom stereocenters. The predicted octanol–water partition coefficient (Wildman–Crippen LogP) is 3.76. The molecule has 0 saturated heterocycles. The minimum Gasteiger partial charge on any atom is -0.479 e. The first kappa shape index (κ1) is 23.0. The Kier molecular flexibility index (Phi) is 6.24. The summed E-state index contributed by atoms with van der Waals surface area (Å²) in [5.41, 5.74) is 4.36. The first-order valence-corrected chi connectivity index (χ1v) is 12.2. The van der Waals surface area contributed by atoms with Crippen LogP contribution < -0.4 is 10.5 Å². The third-order valence-corrected chi connectivity index (χ3v) is 7.34. The summed E-state index contributed by atoms with van der Waals surface area (Å²) in [6.07, 6.45) is -0.907. The highest BCUT2D eigenvalue weighted by Gasteiger charge is 2.30. The summed E-state index contributed by atoms with van der Waals surface area (Å²) in [6.45, 7) is 0.0280. The number of benzene rings is 3. The number of carboxylic acids is 1. The number of ether oxygens (including phenoxy) is 1. The summed E-state index contributed by atoms with van der Waals surface area (Å²) in [7, 11) is -3.99. The zero-order chi connectivity index (χ0) is 23.8. The lowest BCUT2D eigenvalue weighted by Crippen LogP contribution is -2.35. The van der Waals surface area contributed by atoms with Crippen LogP contribution in [0.3, 0.4) is 0 Å². The molecule has 0 fully saturated rings. The Morgan fingerprint density at radius 3 is 2.12 bits per heavy atom. The number of aliphatic carboxylic acids is 1. The van der Waals surface area contributed by atoms with E-state index in [0.29, 0.717) is 0 Å². The molecule has 0 spiro atoms. The maximum absolute atomic E-state index is 12.5. The Bertz CT molecular complexity index is 1310. The van der Waals surface area contributed by atoms with E-state index in [2.05, 4.69) is 21.2 Å². The summed E-state index contributed by atoms with van der Waals surface area (Å²) in [4.78, 5) is 24.1. The van der Waals surface area contributed by atoms with Crippen molar-refractivity contribution in [3.8, 4) is 11.1 Å². The molecule has 1 aliphatic carbocycles. The third kappa shape index (κ3) is 4.63. The van der Waals surface area contributed by atoms with Crippen molar-refractivity contribution in [3.05, 3.63) is 87.9 Å². The third-order valence-electron chi connectivity index (χ3n) is 5.45. The number of halogens is 1. The van der Waals surface area contributed by atoms with E-state index in [-0.39, 0.29) is 27.5 Å². The summed E-state index contributed by atoms with van der Waals surface area (Å²) in [6, 6.07) is 18.0. The monoisotopic (exact) mass is 530 g/mol. The summed E-state index contributed by atoms with van der Waals surface area (Å²) in [5.74, 6) is -1.51. The van der Waals surface area contributed by atoms with Crippen LogP contribution in [-0.4, -0.2) is 32.2 Å². The number of amides is 1. The van der Waals surface area contributed by atoms with Crippen LogP contribution >= 0.6 is 15.9 Å². The molecule has 0 heterocycles. The number of carbonyl (C=O) groups excluding carboxylic acids is 1. The second-order valence-electron chi connectivity index (χ2n) is 7.48. The minimum atomic E-state index is -3.99. The van der Waals surface area contributed by atoms with E-state index in [1.165, 1.54) is 18.2 Å². The predicted molar refractivity (Wildman–Crippen MR) is 124 cm³/mol. The van der Waals surface area contributed by atoms with E-state index in [4.69, 9.17) is 9.88 Å². The van der Waals surface area contributed by atoms with Gasteiger partial charge >= 0.3 is 12.1 Å². The fraction of sp³-hybridized carbons (Fsp3) is 0.130. The first-order valence-electron chi connectivity index (χ1n) is 9.83. The van der Waals surface area contributed by atoms with Gasteiger partial charge in [0.25, 0.3) is 0 Å². The van der Waals surface area contributed by atoms with E-state index >= 15 is 0 Å². The van der Waals surface area contributed by atoms with Crippen LogP contribution in [-0.2, 0) is 19.6 Å². The maximum Gasteiger partial charge on any atom is 0.408 e. The van der Waals surface area contributed by atoms with Gasteiger partial charge in [-0.05, 0) is 55.9 Å². The van der Waals surface area contributed by atoms with Gasteiger partial charge in [-0.2, -0.15) is 0 Å². The second-order valence-corrected chi connectivity index (χ2v) is 9.86. The highest BCUT2D eigenvalue weighted by Crippen LogP contribution is 2.44. The fourth-order valence-electron chi connectivity index (χ4n) is 3.97. The van der Waals surface area contributed by atoms with Crippen LogP contribution in [0.5, 0.6) is 0 Å². The molecular weight excluding hydrogens is 512 g/mol. The van der Waals surface area contributed by atoms with E-state index in [1.807, 2.05) is 48.5 Å². The smallest absolute Gasteiger partial charge is 0.408 e. The van der Waals surface area contributed by atoms with Gasteiger partial charge < -0.3 is 15.2 Å². The number of primary sulfonamides is 1. The lowest BCUT2D eigenvalue weighted by atomic mass is 9.98. The van der Waals surface area contributed by atoms with E-state index in [9.17, 15) is 23.1 Å². The van der Waals surface area contributed by atoms with Gasteiger partial charge in [0.05, 0.1) is 4.90 Å². The zero-order valence-corrected chi connectivity index (χ0v) is 19.5. The highest BCUT2D eigenvalue weighted by atomic mass is 79.9. The van der Waals surface area contributed by atoms with Crippen molar-refractivity contribution in [2.75, 3.05) is 6.61 Å². The number of hydrogen-bond acceptors (Lipinski definition) is 5. The number of carbonyl (C=O) groups is 2. The summed E-state index contributed by atoms with van der Waals surface area (Å²) < 4.78 is 28.6. The van der Waals surface area contributed by atoms with Gasteiger partial charge in [-0.1, -0.05) is 54.6 Å². The van der Waals surface area contributed by atoms with Crippen molar-refractivity contribution in [2.24, 2.45) is 5.14 Å². The van der Waals surface area contributed by atoms with Gasteiger partial charge in [-0.25, -0.2) is 23.1 Å². The molecule has 1 aliphatic rings. The molecule has 4 rings (SSSR count). The molecule has 8 nitrogen and oxygen atoms in total. The average Bonchev–Trinajstić information content (AvgIpc) is 3.08. The van der Waals surface area contributed by atoms with Crippen molar-refractivity contribution in [3.63, 3.8) is 0 Å². The van der Waals surface area contributed by atoms with Crippen LogP contribution in [0.2, 0.25) is 0 Å². The van der Waals surface area contributed by atoms with E-state index in [0.717, 1.165) is 22.3 Å². The Balaban J connectivity index is 1.50. The molecule has 3 aromatic carbocycles. The van der Waals surface area contributed by atoms with Crippen molar-refractivity contribution >= 4 is 38.0 Å². The molecule has 10 heteroatoms. The lowest BCUT2D eigenvalue weighted by molar-refractivity contribution is -0.139. The van der Waals surface area contributed by atoms with Crippen LogP contribution in [0.4, 0.5) is 4.79 Å². The number of sulfonamides is 1. The normalized spacial score (nSPS) is 13.6. The van der Waals surface area contributed by atoms with Crippen molar-refractivity contribution in [1.82, 2.24) is 5.32 Å². The maximum atomic E-state index is 12.5. The molecular formula is C23H19BrN2O6S. The van der Waals surface area contributed by atoms with Crippen LogP contribution in [0.1, 0.15) is 28.7 Å². The molecule has 1 atom stereocenters. The zero-order valence-electron chi connectivity index (χ0n) is 17.1. The summed E-state index contributed by atoms with van der Waals surface area (Å²) >= 11 is 3.08. The molecule has 0 saturated carbocycles. The number of hydrogen-bond donors (Lipinski definition) is 3. The van der Waals surface area contributed by atoms with Crippen molar-refractivity contribution in [2.45, 2.75) is 16.9 Å². The van der Waals surface area contributed by atoms with Gasteiger partial charge in [-0.15, -0.1) is 0 Å². The van der Waals surface area contributed by atoms with Gasteiger partial charge in [0.15, 0.2) is 6.04 Å². The largest absolute Gasteiger partial charge is 0.479 e. The molecule has 0 bridgehead atoms. The first-order chi connectivity index (χ1) is 15.7. The molecule has 1 amide bonds. The van der Waals surface area contributed by atoms with Gasteiger partial charge in [0.2, 0.25) is 10.0 Å². The van der Waals surface area contributed by atoms with E-state index in [1.54, 1.807) is 0 Å². The van der Waals surface area contributed by atoms with E-state index < -0.39 is 28.1 Å². The number of nitrogens with one attached hydrogen (secondary N) is 1. The lowest BCUT2D eigenvalue weighted by Gasteiger charge is -2.18.